The standard InChI is InChI=1S/C28H27N5O3/c1-4-36-22-16-15-20(17-23(22)35-3)25-24(27(34)30-21-13-9-6-10-14-21)18(2)29-28-31-26(32-33(25)28)19-11-7-5-8-12-19/h5-17,25H,4H2,1-3H3,(H,30,34)(H,29,31,32)/t25-/m1/s1. The van der Waals surface area contributed by atoms with Crippen molar-refractivity contribution in [3.8, 4) is 22.9 Å². The molecule has 0 fully saturated rings. The number of benzene rings is 3. The summed E-state index contributed by atoms with van der Waals surface area (Å²) >= 11 is 0. The number of hydrogen-bond donors (Lipinski definition) is 2. The summed E-state index contributed by atoms with van der Waals surface area (Å²) in [4.78, 5) is 18.4. The SMILES string of the molecule is CCOc1ccc([C@@H]2C(C(=O)Nc3ccccc3)=C(C)Nc3nc(-c4ccccc4)nn32)cc1OC. The second-order valence-electron chi connectivity index (χ2n) is 8.30. The molecule has 5 rings (SSSR count). The minimum absolute atomic E-state index is 0.230. The van der Waals surface area contributed by atoms with E-state index in [1.807, 2.05) is 92.7 Å². The van der Waals surface area contributed by atoms with Gasteiger partial charge in [-0.05, 0) is 43.7 Å². The number of rotatable bonds is 7. The third-order valence-corrected chi connectivity index (χ3v) is 5.96. The molecule has 36 heavy (non-hydrogen) atoms. The second-order valence-corrected chi connectivity index (χ2v) is 8.30. The first-order valence-electron chi connectivity index (χ1n) is 11.8. The van der Waals surface area contributed by atoms with Crippen molar-refractivity contribution < 1.29 is 14.3 Å². The third kappa shape index (κ3) is 4.40. The van der Waals surface area contributed by atoms with Crippen LogP contribution in [0, 0.1) is 0 Å². The number of carbonyl (C=O) groups excluding carboxylic acids is 1. The van der Waals surface area contributed by atoms with Crippen molar-refractivity contribution in [2.45, 2.75) is 19.9 Å². The Labute approximate surface area is 209 Å². The number of amides is 1. The number of fused-ring (bicyclic) bond motifs is 1. The molecule has 0 aliphatic carbocycles. The Balaban J connectivity index is 1.63. The smallest absolute Gasteiger partial charge is 0.255 e. The first-order chi connectivity index (χ1) is 17.6. The van der Waals surface area contributed by atoms with Crippen LogP contribution in [-0.4, -0.2) is 34.4 Å². The number of anilines is 2. The van der Waals surface area contributed by atoms with Gasteiger partial charge in [0.25, 0.3) is 5.91 Å². The predicted octanol–water partition coefficient (Wildman–Crippen LogP) is 5.28. The van der Waals surface area contributed by atoms with Crippen LogP contribution in [0.25, 0.3) is 11.4 Å². The molecular formula is C28H27N5O3. The average molecular weight is 482 g/mol. The number of nitrogens with one attached hydrogen (secondary N) is 2. The highest BCUT2D eigenvalue weighted by molar-refractivity contribution is 6.06. The van der Waals surface area contributed by atoms with Gasteiger partial charge in [0.2, 0.25) is 5.95 Å². The number of aromatic nitrogens is 3. The normalized spacial score (nSPS) is 14.6. The molecule has 0 saturated heterocycles. The zero-order valence-corrected chi connectivity index (χ0v) is 20.4. The molecule has 2 heterocycles. The minimum Gasteiger partial charge on any atom is -0.493 e. The Hall–Kier alpha value is -4.59. The molecule has 4 aromatic rings. The van der Waals surface area contributed by atoms with Gasteiger partial charge in [0, 0.05) is 16.9 Å². The molecule has 3 aromatic carbocycles. The van der Waals surface area contributed by atoms with Gasteiger partial charge in [0.1, 0.15) is 6.04 Å². The highest BCUT2D eigenvalue weighted by Crippen LogP contribution is 2.39. The number of carbonyl (C=O) groups is 1. The van der Waals surface area contributed by atoms with Crippen molar-refractivity contribution in [1.82, 2.24) is 14.8 Å². The Bertz CT molecular complexity index is 1410. The summed E-state index contributed by atoms with van der Waals surface area (Å²) in [5.41, 5.74) is 3.64. The van der Waals surface area contributed by atoms with Crippen molar-refractivity contribution in [2.75, 3.05) is 24.4 Å². The number of nitrogens with zero attached hydrogens (tertiary/aromatic N) is 3. The van der Waals surface area contributed by atoms with E-state index in [9.17, 15) is 4.79 Å². The lowest BCUT2D eigenvalue weighted by molar-refractivity contribution is -0.113. The summed E-state index contributed by atoms with van der Waals surface area (Å²) in [6, 6.07) is 24.3. The van der Waals surface area contributed by atoms with Gasteiger partial charge in [0.05, 0.1) is 19.3 Å². The number of para-hydroxylation sites is 1. The molecule has 8 heteroatoms. The van der Waals surface area contributed by atoms with Crippen LogP contribution in [0.3, 0.4) is 0 Å². The van der Waals surface area contributed by atoms with E-state index in [1.54, 1.807) is 11.8 Å². The van der Waals surface area contributed by atoms with Gasteiger partial charge in [-0.25, -0.2) is 4.68 Å². The van der Waals surface area contributed by atoms with Gasteiger partial charge < -0.3 is 20.1 Å². The molecule has 0 saturated carbocycles. The highest BCUT2D eigenvalue weighted by Gasteiger charge is 2.35. The fourth-order valence-corrected chi connectivity index (χ4v) is 4.31. The molecule has 0 bridgehead atoms. The first kappa shape index (κ1) is 23.2. The quantitative estimate of drug-likeness (QED) is 0.373. The summed E-state index contributed by atoms with van der Waals surface area (Å²) in [6.45, 7) is 4.31. The van der Waals surface area contributed by atoms with E-state index in [4.69, 9.17) is 19.6 Å². The van der Waals surface area contributed by atoms with Crippen LogP contribution in [0.15, 0.2) is 90.1 Å². The van der Waals surface area contributed by atoms with Crippen LogP contribution in [0.2, 0.25) is 0 Å². The number of allylic oxidation sites excluding steroid dienone is 1. The van der Waals surface area contributed by atoms with E-state index in [0.717, 1.165) is 11.1 Å². The summed E-state index contributed by atoms with van der Waals surface area (Å²) in [5.74, 6) is 2.11. The Kier molecular flexibility index (Phi) is 6.40. The van der Waals surface area contributed by atoms with Crippen molar-refractivity contribution >= 4 is 17.5 Å². The Morgan fingerprint density at radius 2 is 1.75 bits per heavy atom. The van der Waals surface area contributed by atoms with Gasteiger partial charge in [-0.2, -0.15) is 4.98 Å². The molecule has 1 atom stereocenters. The van der Waals surface area contributed by atoms with Gasteiger partial charge in [-0.1, -0.05) is 54.6 Å². The number of hydrogen-bond acceptors (Lipinski definition) is 6. The Morgan fingerprint density at radius 1 is 1.03 bits per heavy atom. The molecule has 1 aromatic heterocycles. The van der Waals surface area contributed by atoms with Crippen LogP contribution in [0.4, 0.5) is 11.6 Å². The molecule has 0 spiro atoms. The topological polar surface area (TPSA) is 90.3 Å². The second kappa shape index (κ2) is 9.95. The summed E-state index contributed by atoms with van der Waals surface area (Å²) in [6.07, 6.45) is 0. The van der Waals surface area contributed by atoms with E-state index in [-0.39, 0.29) is 5.91 Å². The predicted molar refractivity (Wildman–Crippen MR) is 139 cm³/mol. The van der Waals surface area contributed by atoms with Crippen LogP contribution in [-0.2, 0) is 4.79 Å². The number of methoxy groups -OCH3 is 1. The zero-order valence-electron chi connectivity index (χ0n) is 20.4. The van der Waals surface area contributed by atoms with Crippen LogP contribution in [0.5, 0.6) is 11.5 Å². The number of ether oxygens (including phenoxy) is 2. The summed E-state index contributed by atoms with van der Waals surface area (Å²) < 4.78 is 13.1. The Morgan fingerprint density at radius 3 is 2.44 bits per heavy atom. The summed E-state index contributed by atoms with van der Waals surface area (Å²) in [5, 5.41) is 11.1. The lowest BCUT2D eigenvalue weighted by Gasteiger charge is -2.29. The van der Waals surface area contributed by atoms with Crippen molar-refractivity contribution in [3.05, 3.63) is 95.7 Å². The van der Waals surface area contributed by atoms with E-state index >= 15 is 0 Å². The minimum atomic E-state index is -0.542. The molecular weight excluding hydrogens is 454 g/mol. The van der Waals surface area contributed by atoms with E-state index in [0.29, 0.717) is 46.8 Å². The fourth-order valence-electron chi connectivity index (χ4n) is 4.31. The fraction of sp³-hybridized carbons (Fsp3) is 0.179. The van der Waals surface area contributed by atoms with Gasteiger partial charge in [0.15, 0.2) is 17.3 Å². The molecule has 1 aliphatic rings. The molecule has 0 radical (unpaired) electrons. The maximum atomic E-state index is 13.6. The maximum absolute atomic E-state index is 13.6. The van der Waals surface area contributed by atoms with E-state index < -0.39 is 6.04 Å². The molecule has 1 aliphatic heterocycles. The van der Waals surface area contributed by atoms with Crippen molar-refractivity contribution in [1.29, 1.82) is 0 Å². The first-order valence-corrected chi connectivity index (χ1v) is 11.8. The molecule has 0 unspecified atom stereocenters. The van der Waals surface area contributed by atoms with Gasteiger partial charge in [-0.3, -0.25) is 4.79 Å². The average Bonchev–Trinajstić information content (AvgIpc) is 3.33. The van der Waals surface area contributed by atoms with E-state index in [2.05, 4.69) is 10.6 Å². The van der Waals surface area contributed by atoms with Gasteiger partial charge in [-0.15, -0.1) is 5.10 Å². The molecule has 182 valence electrons. The molecule has 1 amide bonds. The highest BCUT2D eigenvalue weighted by atomic mass is 16.5. The largest absolute Gasteiger partial charge is 0.493 e. The monoisotopic (exact) mass is 481 g/mol. The van der Waals surface area contributed by atoms with Crippen molar-refractivity contribution in [3.63, 3.8) is 0 Å². The molecule has 8 nitrogen and oxygen atoms in total. The van der Waals surface area contributed by atoms with Crippen LogP contribution < -0.4 is 20.1 Å². The third-order valence-electron chi connectivity index (χ3n) is 5.96. The molecule has 2 N–H and O–H groups in total. The van der Waals surface area contributed by atoms with Crippen LogP contribution >= 0.6 is 0 Å². The summed E-state index contributed by atoms with van der Waals surface area (Å²) in [7, 11) is 1.60. The van der Waals surface area contributed by atoms with Gasteiger partial charge >= 0.3 is 0 Å². The van der Waals surface area contributed by atoms with E-state index in [1.165, 1.54) is 0 Å². The lowest BCUT2D eigenvalue weighted by Crippen LogP contribution is -2.31. The lowest BCUT2D eigenvalue weighted by atomic mass is 9.94. The maximum Gasteiger partial charge on any atom is 0.255 e. The van der Waals surface area contributed by atoms with Crippen LogP contribution in [0.1, 0.15) is 25.5 Å². The van der Waals surface area contributed by atoms with Crippen molar-refractivity contribution in [2.24, 2.45) is 0 Å². The zero-order chi connectivity index (χ0) is 25.1.